The number of fused-ring (bicyclic) bond motifs is 1. The van der Waals surface area contributed by atoms with Gasteiger partial charge in [0.05, 0.1) is 23.8 Å². The van der Waals surface area contributed by atoms with Crippen LogP contribution in [0.15, 0.2) is 47.0 Å². The lowest BCUT2D eigenvalue weighted by Gasteiger charge is -2.31. The van der Waals surface area contributed by atoms with Crippen molar-refractivity contribution in [3.63, 3.8) is 0 Å². The molecule has 10 heteroatoms. The van der Waals surface area contributed by atoms with Gasteiger partial charge >= 0.3 is 0 Å². The summed E-state index contributed by atoms with van der Waals surface area (Å²) in [5.74, 6) is 0.538. The molecule has 1 aromatic heterocycles. The van der Waals surface area contributed by atoms with Crippen LogP contribution in [0, 0.1) is 6.92 Å². The van der Waals surface area contributed by atoms with Crippen molar-refractivity contribution in [2.45, 2.75) is 46.2 Å². The number of rotatable bonds is 11. The number of carbonyl (C=O) groups is 2. The molecule has 1 aliphatic rings. The number of aromatic nitrogens is 2. The molecule has 2 heterocycles. The van der Waals surface area contributed by atoms with Gasteiger partial charge in [0.1, 0.15) is 0 Å². The average Bonchev–Trinajstić information content (AvgIpc) is 3.52. The summed E-state index contributed by atoms with van der Waals surface area (Å²) in [6.45, 7) is 5.70. The third kappa shape index (κ3) is 6.67. The van der Waals surface area contributed by atoms with E-state index in [9.17, 15) is 9.59 Å². The van der Waals surface area contributed by atoms with Crippen molar-refractivity contribution in [1.82, 2.24) is 25.5 Å². The Kier molecular flexibility index (Phi) is 8.78. The third-order valence-corrected chi connectivity index (χ3v) is 6.76. The van der Waals surface area contributed by atoms with E-state index in [0.29, 0.717) is 47.6 Å². The van der Waals surface area contributed by atoms with Gasteiger partial charge in [-0.25, -0.2) is 5.01 Å². The summed E-state index contributed by atoms with van der Waals surface area (Å²) in [6, 6.07) is 13.5. The summed E-state index contributed by atoms with van der Waals surface area (Å²) in [5.41, 5.74) is 3.64. The summed E-state index contributed by atoms with van der Waals surface area (Å²) >= 11 is 6.59. The SMILES string of the molecule is CCCCCNC(=O)CN(CC(=O)N(C)N1Cc2ccccc2C1)c1cc(-c2noc(C)n2)ccc1Cl. The number of hydrogen-bond acceptors (Lipinski definition) is 7. The quantitative estimate of drug-likeness (QED) is 0.376. The number of hydrazine groups is 1. The normalized spacial score (nSPS) is 12.9. The van der Waals surface area contributed by atoms with Gasteiger partial charge in [0.15, 0.2) is 0 Å². The van der Waals surface area contributed by atoms with Gasteiger partial charge in [-0.15, -0.1) is 0 Å². The molecule has 0 aliphatic carbocycles. The maximum absolute atomic E-state index is 13.4. The number of nitrogens with one attached hydrogen (secondary N) is 1. The van der Waals surface area contributed by atoms with Gasteiger partial charge in [-0.3, -0.25) is 14.6 Å². The van der Waals surface area contributed by atoms with E-state index in [1.165, 1.54) is 11.1 Å². The van der Waals surface area contributed by atoms with Crippen molar-refractivity contribution in [2.75, 3.05) is 31.6 Å². The van der Waals surface area contributed by atoms with Crippen LogP contribution in [-0.4, -0.2) is 58.7 Å². The minimum absolute atomic E-state index is 0.0135. The molecule has 0 fully saturated rings. The highest BCUT2D eigenvalue weighted by Gasteiger charge is 2.27. The maximum atomic E-state index is 13.4. The fourth-order valence-electron chi connectivity index (χ4n) is 4.32. The van der Waals surface area contributed by atoms with E-state index in [4.69, 9.17) is 16.1 Å². The summed E-state index contributed by atoms with van der Waals surface area (Å²) < 4.78 is 5.12. The topological polar surface area (TPSA) is 94.8 Å². The van der Waals surface area contributed by atoms with Crippen molar-refractivity contribution >= 4 is 29.1 Å². The molecular weight excluding hydrogens is 492 g/mol. The highest BCUT2D eigenvalue weighted by molar-refractivity contribution is 6.33. The molecule has 0 unspecified atom stereocenters. The van der Waals surface area contributed by atoms with Gasteiger partial charge in [0.2, 0.25) is 17.6 Å². The number of carbonyl (C=O) groups excluding carboxylic acids is 2. The van der Waals surface area contributed by atoms with Crippen molar-refractivity contribution in [2.24, 2.45) is 0 Å². The van der Waals surface area contributed by atoms with Crippen molar-refractivity contribution in [3.8, 4) is 11.4 Å². The molecular formula is C27H33ClN6O3. The van der Waals surface area contributed by atoms with Gasteiger partial charge in [0.25, 0.3) is 5.91 Å². The van der Waals surface area contributed by atoms with Gasteiger partial charge in [-0.05, 0) is 35.7 Å². The molecule has 0 atom stereocenters. The second-order valence-electron chi connectivity index (χ2n) is 9.23. The Labute approximate surface area is 222 Å². The zero-order valence-electron chi connectivity index (χ0n) is 21.5. The lowest BCUT2D eigenvalue weighted by atomic mass is 10.1. The molecule has 0 bridgehead atoms. The summed E-state index contributed by atoms with van der Waals surface area (Å²) in [5, 5.41) is 11.0. The minimum Gasteiger partial charge on any atom is -0.355 e. The van der Waals surface area contributed by atoms with Crippen molar-refractivity contribution in [1.29, 1.82) is 0 Å². The molecule has 37 heavy (non-hydrogen) atoms. The summed E-state index contributed by atoms with van der Waals surface area (Å²) in [6.07, 6.45) is 3.03. The summed E-state index contributed by atoms with van der Waals surface area (Å²) in [4.78, 5) is 32.3. The van der Waals surface area contributed by atoms with Gasteiger partial charge in [-0.1, -0.05) is 60.8 Å². The van der Waals surface area contributed by atoms with Gasteiger partial charge in [0, 0.05) is 39.2 Å². The lowest BCUT2D eigenvalue weighted by molar-refractivity contribution is -0.145. The number of nitrogens with zero attached hydrogens (tertiary/aromatic N) is 5. The van der Waals surface area contributed by atoms with E-state index >= 15 is 0 Å². The number of benzene rings is 2. The first-order valence-electron chi connectivity index (χ1n) is 12.6. The number of anilines is 1. The maximum Gasteiger partial charge on any atom is 0.256 e. The van der Waals surface area contributed by atoms with Gasteiger partial charge in [-0.2, -0.15) is 4.98 Å². The number of hydrogen-bond donors (Lipinski definition) is 1. The van der Waals surface area contributed by atoms with E-state index < -0.39 is 0 Å². The number of halogens is 1. The molecule has 1 N–H and O–H groups in total. The van der Waals surface area contributed by atoms with Crippen LogP contribution in [-0.2, 0) is 22.7 Å². The minimum atomic E-state index is -0.169. The molecule has 0 spiro atoms. The molecule has 4 rings (SSSR count). The van der Waals surface area contributed by atoms with Gasteiger partial charge < -0.3 is 14.7 Å². The first-order chi connectivity index (χ1) is 17.9. The molecule has 0 saturated heterocycles. The molecule has 2 aromatic carbocycles. The highest BCUT2D eigenvalue weighted by atomic mass is 35.5. The van der Waals surface area contributed by atoms with Crippen LogP contribution < -0.4 is 10.2 Å². The Bertz CT molecular complexity index is 1220. The molecule has 2 amide bonds. The molecule has 9 nitrogen and oxygen atoms in total. The largest absolute Gasteiger partial charge is 0.355 e. The zero-order chi connectivity index (χ0) is 26.4. The van der Waals surface area contributed by atoms with E-state index in [1.54, 1.807) is 42.1 Å². The number of aryl methyl sites for hydroxylation is 1. The Morgan fingerprint density at radius 2 is 1.84 bits per heavy atom. The standard InChI is InChI=1S/C27H33ClN6O3/c1-4-5-8-13-29-25(35)17-33(24-14-20(11-12-23(24)28)27-30-19(2)37-31-27)18-26(36)32(3)34-15-21-9-6-7-10-22(21)16-34/h6-7,9-12,14H,4-5,8,13,15-18H2,1-3H3,(H,29,35). The fraction of sp³-hybridized carbons (Fsp3) is 0.407. The Morgan fingerprint density at radius 3 is 2.49 bits per heavy atom. The fourth-order valence-corrected chi connectivity index (χ4v) is 4.56. The predicted octanol–water partition coefficient (Wildman–Crippen LogP) is 4.20. The molecule has 0 radical (unpaired) electrons. The second kappa shape index (κ2) is 12.2. The van der Waals surface area contributed by atoms with Crippen LogP contribution in [0.3, 0.4) is 0 Å². The van der Waals surface area contributed by atoms with Crippen LogP contribution in [0.5, 0.6) is 0 Å². The Hall–Kier alpha value is -3.43. The highest BCUT2D eigenvalue weighted by Crippen LogP contribution is 2.31. The van der Waals surface area contributed by atoms with Crippen molar-refractivity contribution in [3.05, 3.63) is 64.5 Å². The van der Waals surface area contributed by atoms with Crippen LogP contribution >= 0.6 is 11.6 Å². The van der Waals surface area contributed by atoms with E-state index in [2.05, 4.69) is 34.5 Å². The second-order valence-corrected chi connectivity index (χ2v) is 9.63. The monoisotopic (exact) mass is 524 g/mol. The number of amides is 2. The van der Waals surface area contributed by atoms with Crippen LogP contribution in [0.2, 0.25) is 5.02 Å². The van der Waals surface area contributed by atoms with Crippen molar-refractivity contribution < 1.29 is 14.1 Å². The molecule has 196 valence electrons. The van der Waals surface area contributed by atoms with E-state index in [1.807, 2.05) is 17.1 Å². The van der Waals surface area contributed by atoms with E-state index in [0.717, 1.165) is 19.3 Å². The summed E-state index contributed by atoms with van der Waals surface area (Å²) in [7, 11) is 1.76. The lowest BCUT2D eigenvalue weighted by Crippen LogP contribution is -2.48. The predicted molar refractivity (Wildman–Crippen MR) is 143 cm³/mol. The van der Waals surface area contributed by atoms with E-state index in [-0.39, 0.29) is 24.9 Å². The number of likely N-dealkylation sites (N-methyl/N-ethyl adjacent to an activating group) is 1. The zero-order valence-corrected chi connectivity index (χ0v) is 22.3. The average molecular weight is 525 g/mol. The van der Waals surface area contributed by atoms with Crippen LogP contribution in [0.1, 0.15) is 43.2 Å². The molecule has 1 aliphatic heterocycles. The number of unbranched alkanes of at least 4 members (excludes halogenated alkanes) is 2. The third-order valence-electron chi connectivity index (χ3n) is 6.44. The van der Waals surface area contributed by atoms with Crippen LogP contribution in [0.4, 0.5) is 5.69 Å². The van der Waals surface area contributed by atoms with Crippen LogP contribution in [0.25, 0.3) is 11.4 Å². The molecule has 0 saturated carbocycles. The molecule has 3 aromatic rings. The Balaban J connectivity index is 1.53. The first-order valence-corrected chi connectivity index (χ1v) is 12.9. The smallest absolute Gasteiger partial charge is 0.256 e. The first kappa shape index (κ1) is 26.6. The Morgan fingerprint density at radius 1 is 1.11 bits per heavy atom.